The molecule has 1 heterocycles. The number of amides is 1. The van der Waals surface area contributed by atoms with E-state index < -0.39 is 0 Å². The van der Waals surface area contributed by atoms with Crippen molar-refractivity contribution < 1.29 is 4.79 Å². The Bertz CT molecular complexity index is 551. The molecule has 0 unspecified atom stereocenters. The molecule has 4 bridgehead atoms. The van der Waals surface area contributed by atoms with Gasteiger partial charge in [0.2, 0.25) is 0 Å². The van der Waals surface area contributed by atoms with Gasteiger partial charge in [-0.15, -0.1) is 0 Å². The lowest BCUT2D eigenvalue weighted by Gasteiger charge is -2.57. The van der Waals surface area contributed by atoms with Gasteiger partial charge in [-0.25, -0.2) is 0 Å². The number of hydrogen-bond donors (Lipinski definition) is 1. The van der Waals surface area contributed by atoms with Gasteiger partial charge in [-0.05, 0) is 90.1 Å². The summed E-state index contributed by atoms with van der Waals surface area (Å²) in [6, 6.07) is 1.83. The van der Waals surface area contributed by atoms with Gasteiger partial charge in [0.1, 0.15) is 0 Å². The summed E-state index contributed by atoms with van der Waals surface area (Å²) < 4.78 is 0.848. The normalized spacial score (nSPS) is 35.6. The maximum Gasteiger partial charge on any atom is 0.252 e. The van der Waals surface area contributed by atoms with Crippen LogP contribution < -0.4 is 5.32 Å². The molecule has 0 spiro atoms. The fourth-order valence-corrected chi connectivity index (χ4v) is 6.04. The third kappa shape index (κ3) is 2.82. The van der Waals surface area contributed by atoms with Crippen molar-refractivity contribution in [3.8, 4) is 0 Å². The number of rotatable bonds is 4. The summed E-state index contributed by atoms with van der Waals surface area (Å²) in [4.78, 5) is 16.3. The van der Waals surface area contributed by atoms with Crippen molar-refractivity contribution in [2.75, 3.05) is 6.54 Å². The fourth-order valence-electron chi connectivity index (χ4n) is 5.68. The minimum absolute atomic E-state index is 0.00136. The number of nitrogens with zero attached hydrogens (tertiary/aromatic N) is 1. The Labute approximate surface area is 140 Å². The molecule has 4 heteroatoms. The minimum Gasteiger partial charge on any atom is -0.352 e. The Morgan fingerprint density at radius 1 is 1.18 bits per heavy atom. The van der Waals surface area contributed by atoms with E-state index in [1.165, 1.54) is 38.5 Å². The average Bonchev–Trinajstić information content (AvgIpc) is 2.45. The van der Waals surface area contributed by atoms with Crippen LogP contribution in [0, 0.1) is 23.2 Å². The molecule has 1 amide bonds. The van der Waals surface area contributed by atoms with Gasteiger partial charge in [-0.2, -0.15) is 0 Å². The summed E-state index contributed by atoms with van der Waals surface area (Å²) in [5, 5.41) is 3.10. The van der Waals surface area contributed by atoms with Crippen LogP contribution in [0.3, 0.4) is 0 Å². The summed E-state index contributed by atoms with van der Waals surface area (Å²) in [6.45, 7) is 0.803. The first-order chi connectivity index (χ1) is 10.6. The first kappa shape index (κ1) is 14.7. The van der Waals surface area contributed by atoms with Crippen LogP contribution in [-0.4, -0.2) is 17.4 Å². The maximum atomic E-state index is 12.2. The molecule has 0 radical (unpaired) electrons. The molecule has 0 aromatic carbocycles. The van der Waals surface area contributed by atoms with Gasteiger partial charge < -0.3 is 5.32 Å². The van der Waals surface area contributed by atoms with Crippen LogP contribution in [0.5, 0.6) is 0 Å². The van der Waals surface area contributed by atoms with Crippen LogP contribution in [0.2, 0.25) is 0 Å². The van der Waals surface area contributed by atoms with E-state index in [9.17, 15) is 4.79 Å². The molecule has 1 aromatic heterocycles. The van der Waals surface area contributed by atoms with Gasteiger partial charge >= 0.3 is 0 Å². The van der Waals surface area contributed by atoms with Gasteiger partial charge in [-0.1, -0.05) is 0 Å². The summed E-state index contributed by atoms with van der Waals surface area (Å²) >= 11 is 3.36. The monoisotopic (exact) mass is 362 g/mol. The SMILES string of the molecule is O=C(NCCC12CC3CC(CC(C3)C1)C2)c1cncc(Br)c1. The van der Waals surface area contributed by atoms with Crippen LogP contribution in [-0.2, 0) is 0 Å². The first-order valence-electron chi connectivity index (χ1n) is 8.51. The van der Waals surface area contributed by atoms with Gasteiger partial charge in [-0.3, -0.25) is 9.78 Å². The molecule has 22 heavy (non-hydrogen) atoms. The van der Waals surface area contributed by atoms with Crippen molar-refractivity contribution >= 4 is 21.8 Å². The summed E-state index contributed by atoms with van der Waals surface area (Å²) in [5.41, 5.74) is 1.18. The number of nitrogens with one attached hydrogen (secondary N) is 1. The predicted molar refractivity (Wildman–Crippen MR) is 89.5 cm³/mol. The van der Waals surface area contributed by atoms with Gasteiger partial charge in [0.15, 0.2) is 0 Å². The van der Waals surface area contributed by atoms with E-state index in [4.69, 9.17) is 0 Å². The molecular formula is C18H23BrN2O. The smallest absolute Gasteiger partial charge is 0.252 e. The topological polar surface area (TPSA) is 42.0 Å². The highest BCUT2D eigenvalue weighted by Crippen LogP contribution is 2.61. The zero-order chi connectivity index (χ0) is 15.2. The molecule has 1 N–H and O–H groups in total. The van der Waals surface area contributed by atoms with Crippen molar-refractivity contribution in [1.29, 1.82) is 0 Å². The lowest BCUT2D eigenvalue weighted by Crippen LogP contribution is -2.47. The molecule has 4 aliphatic carbocycles. The molecule has 4 fully saturated rings. The number of halogens is 1. The molecule has 5 rings (SSSR count). The molecule has 3 nitrogen and oxygen atoms in total. The van der Waals surface area contributed by atoms with Crippen molar-refractivity contribution in [3.05, 3.63) is 28.5 Å². The van der Waals surface area contributed by atoms with Gasteiger partial charge in [0.25, 0.3) is 5.91 Å². The van der Waals surface area contributed by atoms with Crippen molar-refractivity contribution in [1.82, 2.24) is 10.3 Å². The van der Waals surface area contributed by atoms with E-state index in [1.807, 2.05) is 6.07 Å². The highest BCUT2D eigenvalue weighted by Gasteiger charge is 2.50. The number of carbonyl (C=O) groups excluding carboxylic acids is 1. The second-order valence-corrected chi connectivity index (χ2v) is 8.73. The molecule has 4 aliphatic rings. The lowest BCUT2D eigenvalue weighted by atomic mass is 9.49. The van der Waals surface area contributed by atoms with Crippen LogP contribution >= 0.6 is 15.9 Å². The largest absolute Gasteiger partial charge is 0.352 e. The number of hydrogen-bond acceptors (Lipinski definition) is 2. The van der Waals surface area contributed by atoms with Crippen LogP contribution in [0.15, 0.2) is 22.9 Å². The molecule has 1 aromatic rings. The molecule has 4 saturated carbocycles. The highest BCUT2D eigenvalue weighted by atomic mass is 79.9. The number of carbonyl (C=O) groups is 1. The Kier molecular flexibility index (Phi) is 3.75. The first-order valence-corrected chi connectivity index (χ1v) is 9.30. The van der Waals surface area contributed by atoms with Crippen molar-refractivity contribution in [3.63, 3.8) is 0 Å². The molecule has 0 atom stereocenters. The van der Waals surface area contributed by atoms with Gasteiger partial charge in [0, 0.05) is 23.4 Å². The van der Waals surface area contributed by atoms with Gasteiger partial charge in [0.05, 0.1) is 5.56 Å². The van der Waals surface area contributed by atoms with Crippen LogP contribution in [0.1, 0.15) is 55.3 Å². The highest BCUT2D eigenvalue weighted by molar-refractivity contribution is 9.10. The standard InChI is InChI=1S/C18H23BrN2O/c19-16-6-15(10-20-11-16)17(22)21-2-1-18-7-12-3-13(8-18)5-14(4-12)9-18/h6,10-14H,1-5,7-9H2,(H,21,22). The molecule has 0 saturated heterocycles. The molecule has 0 aliphatic heterocycles. The summed E-state index contributed by atoms with van der Waals surface area (Å²) in [6.07, 6.45) is 13.2. The third-order valence-corrected chi connectivity index (χ3v) is 6.51. The van der Waals surface area contributed by atoms with Crippen molar-refractivity contribution in [2.24, 2.45) is 23.2 Å². The summed E-state index contributed by atoms with van der Waals surface area (Å²) in [5.74, 6) is 2.95. The van der Waals surface area contributed by atoms with Crippen molar-refractivity contribution in [2.45, 2.75) is 44.9 Å². The average molecular weight is 363 g/mol. The quantitative estimate of drug-likeness (QED) is 0.872. The summed E-state index contributed by atoms with van der Waals surface area (Å²) in [7, 11) is 0. The molecular weight excluding hydrogens is 340 g/mol. The minimum atomic E-state index is -0.00136. The van der Waals surface area contributed by atoms with Crippen LogP contribution in [0.4, 0.5) is 0 Å². The predicted octanol–water partition coefficient (Wildman–Crippen LogP) is 4.18. The number of pyridine rings is 1. The zero-order valence-corrected chi connectivity index (χ0v) is 14.4. The number of aromatic nitrogens is 1. The lowest BCUT2D eigenvalue weighted by molar-refractivity contribution is -0.0564. The Morgan fingerprint density at radius 3 is 2.41 bits per heavy atom. The second kappa shape index (κ2) is 5.63. The third-order valence-electron chi connectivity index (χ3n) is 6.07. The fraction of sp³-hybridized carbons (Fsp3) is 0.667. The Morgan fingerprint density at radius 2 is 1.82 bits per heavy atom. The van der Waals surface area contributed by atoms with E-state index in [0.29, 0.717) is 11.0 Å². The van der Waals surface area contributed by atoms with E-state index in [-0.39, 0.29) is 5.91 Å². The Balaban J connectivity index is 1.34. The molecule has 118 valence electrons. The Hall–Kier alpha value is -0.900. The maximum absolute atomic E-state index is 12.2. The van der Waals surface area contributed by atoms with E-state index in [2.05, 4.69) is 26.2 Å². The van der Waals surface area contributed by atoms with Crippen LogP contribution in [0.25, 0.3) is 0 Å². The zero-order valence-electron chi connectivity index (χ0n) is 12.9. The van der Waals surface area contributed by atoms with E-state index >= 15 is 0 Å². The van der Waals surface area contributed by atoms with E-state index in [0.717, 1.165) is 35.2 Å². The van der Waals surface area contributed by atoms with E-state index in [1.54, 1.807) is 12.4 Å². The second-order valence-electron chi connectivity index (χ2n) is 7.82.